The molecule has 1 atom stereocenters. The van der Waals surface area contributed by atoms with Gasteiger partial charge in [-0.15, -0.1) is 0 Å². The van der Waals surface area contributed by atoms with Crippen molar-refractivity contribution in [2.75, 3.05) is 31.5 Å². The van der Waals surface area contributed by atoms with Gasteiger partial charge in [-0.05, 0) is 39.0 Å². The highest BCUT2D eigenvalue weighted by Gasteiger charge is 2.35. The fraction of sp³-hybridized carbons (Fsp3) is 0.474. The van der Waals surface area contributed by atoms with E-state index < -0.39 is 22.7 Å². The summed E-state index contributed by atoms with van der Waals surface area (Å²) in [6.07, 6.45) is 0. The number of sulfonamides is 1. The highest BCUT2D eigenvalue weighted by Crippen LogP contribution is 2.29. The number of anilines is 1. The number of halogens is 3. The third-order valence-electron chi connectivity index (χ3n) is 5.18. The summed E-state index contributed by atoms with van der Waals surface area (Å²) in [6.45, 7) is 2.92. The van der Waals surface area contributed by atoms with Gasteiger partial charge in [0.2, 0.25) is 15.9 Å². The minimum Gasteiger partial charge on any atom is -0.433 e. The number of amides is 1. The molecule has 32 heavy (non-hydrogen) atoms. The van der Waals surface area contributed by atoms with Crippen LogP contribution in [0.25, 0.3) is 0 Å². The lowest BCUT2D eigenvalue weighted by Crippen LogP contribution is -2.54. The Morgan fingerprint density at radius 2 is 1.91 bits per heavy atom. The van der Waals surface area contributed by atoms with Crippen molar-refractivity contribution in [1.82, 2.24) is 14.4 Å². The smallest absolute Gasteiger partial charge is 0.387 e. The summed E-state index contributed by atoms with van der Waals surface area (Å²) in [5, 5.41) is 6.33. The fourth-order valence-corrected chi connectivity index (χ4v) is 5.42. The van der Waals surface area contributed by atoms with E-state index in [4.69, 9.17) is 16.1 Å². The number of carbonyl (C=O) groups is 1. The quantitative estimate of drug-likeness (QED) is 0.633. The molecule has 1 aromatic heterocycles. The monoisotopic (exact) mass is 492 g/mol. The van der Waals surface area contributed by atoms with Gasteiger partial charge in [0.25, 0.3) is 0 Å². The number of benzene rings is 1. The molecule has 0 bridgehead atoms. The minimum atomic E-state index is -3.75. The Kier molecular flexibility index (Phi) is 7.38. The van der Waals surface area contributed by atoms with Crippen LogP contribution in [0.1, 0.15) is 18.4 Å². The second kappa shape index (κ2) is 9.69. The number of nitrogens with one attached hydrogen (secondary N) is 1. The van der Waals surface area contributed by atoms with Gasteiger partial charge in [0.1, 0.15) is 16.3 Å². The van der Waals surface area contributed by atoms with Gasteiger partial charge < -0.3 is 14.6 Å². The molecule has 1 aliphatic heterocycles. The summed E-state index contributed by atoms with van der Waals surface area (Å²) in [7, 11) is -3.75. The molecule has 2 aromatic rings. The first-order valence-corrected chi connectivity index (χ1v) is 11.5. The van der Waals surface area contributed by atoms with Crippen molar-refractivity contribution in [2.45, 2.75) is 38.3 Å². The van der Waals surface area contributed by atoms with Crippen LogP contribution in [0.5, 0.6) is 5.75 Å². The Morgan fingerprint density at radius 3 is 2.44 bits per heavy atom. The summed E-state index contributed by atoms with van der Waals surface area (Å²) in [4.78, 5) is 14.6. The van der Waals surface area contributed by atoms with Gasteiger partial charge in [-0.1, -0.05) is 16.8 Å². The van der Waals surface area contributed by atoms with E-state index in [0.717, 1.165) is 0 Å². The van der Waals surface area contributed by atoms with E-state index in [1.165, 1.54) is 22.5 Å². The zero-order valence-electron chi connectivity index (χ0n) is 17.6. The maximum atomic E-state index is 12.9. The van der Waals surface area contributed by atoms with Crippen molar-refractivity contribution in [3.63, 3.8) is 0 Å². The number of carbonyl (C=O) groups excluding carboxylic acids is 1. The van der Waals surface area contributed by atoms with E-state index in [9.17, 15) is 22.0 Å². The average molecular weight is 493 g/mol. The molecule has 9 nitrogen and oxygen atoms in total. The molecule has 1 aromatic carbocycles. The number of rotatable bonds is 7. The molecular formula is C19H23ClF2N4O5S. The molecule has 1 saturated heterocycles. The number of aromatic nitrogens is 1. The Bertz CT molecular complexity index is 1070. The van der Waals surface area contributed by atoms with Crippen molar-refractivity contribution in [3.8, 4) is 5.75 Å². The molecule has 3 rings (SSSR count). The SMILES string of the molecule is Cc1noc(C)c1S(=O)(=O)N1CCN([C@H](C)C(=O)Nc2ccc(OC(F)F)c(Cl)c2)CC1. The number of piperazine rings is 1. The molecule has 1 aliphatic rings. The molecule has 176 valence electrons. The van der Waals surface area contributed by atoms with Crippen molar-refractivity contribution in [3.05, 3.63) is 34.7 Å². The third kappa shape index (κ3) is 5.20. The van der Waals surface area contributed by atoms with Crippen LogP contribution in [0.3, 0.4) is 0 Å². The van der Waals surface area contributed by atoms with Gasteiger partial charge in [-0.2, -0.15) is 13.1 Å². The van der Waals surface area contributed by atoms with Crippen LogP contribution in [0.2, 0.25) is 5.02 Å². The lowest BCUT2D eigenvalue weighted by atomic mass is 10.2. The van der Waals surface area contributed by atoms with Gasteiger partial charge in [0, 0.05) is 31.9 Å². The molecule has 1 fully saturated rings. The predicted molar refractivity (Wildman–Crippen MR) is 112 cm³/mol. The molecule has 0 aliphatic carbocycles. The fourth-order valence-electron chi connectivity index (χ4n) is 3.49. The molecule has 13 heteroatoms. The predicted octanol–water partition coefficient (Wildman–Crippen LogP) is 2.88. The van der Waals surface area contributed by atoms with Crippen LogP contribution < -0.4 is 10.1 Å². The number of hydrogen-bond donors (Lipinski definition) is 1. The molecular weight excluding hydrogens is 470 g/mol. The summed E-state index contributed by atoms with van der Waals surface area (Å²) >= 11 is 5.91. The molecule has 0 radical (unpaired) electrons. The van der Waals surface area contributed by atoms with Crippen LogP contribution >= 0.6 is 11.6 Å². The van der Waals surface area contributed by atoms with Crippen LogP contribution in [0.4, 0.5) is 14.5 Å². The minimum absolute atomic E-state index is 0.0612. The van der Waals surface area contributed by atoms with E-state index >= 15 is 0 Å². The van der Waals surface area contributed by atoms with Crippen molar-refractivity contribution < 1.29 is 31.3 Å². The number of nitrogens with zero attached hydrogens (tertiary/aromatic N) is 3. The largest absolute Gasteiger partial charge is 0.433 e. The van der Waals surface area contributed by atoms with Gasteiger partial charge in [0.15, 0.2) is 5.76 Å². The summed E-state index contributed by atoms with van der Waals surface area (Å²) in [5.41, 5.74) is 0.634. The van der Waals surface area contributed by atoms with Crippen LogP contribution in [-0.4, -0.2) is 67.5 Å². The highest BCUT2D eigenvalue weighted by atomic mass is 35.5. The Hall–Kier alpha value is -2.28. The van der Waals surface area contributed by atoms with Gasteiger partial charge in [-0.3, -0.25) is 9.69 Å². The van der Waals surface area contributed by atoms with Crippen LogP contribution in [0, 0.1) is 13.8 Å². The third-order valence-corrected chi connectivity index (χ3v) is 7.62. The first kappa shape index (κ1) is 24.4. The van der Waals surface area contributed by atoms with Gasteiger partial charge in [-0.25, -0.2) is 8.42 Å². The zero-order valence-corrected chi connectivity index (χ0v) is 19.2. The summed E-state index contributed by atoms with van der Waals surface area (Å²) in [5.74, 6) is -0.296. The van der Waals surface area contributed by atoms with Crippen molar-refractivity contribution in [1.29, 1.82) is 0 Å². The second-order valence-electron chi connectivity index (χ2n) is 7.28. The topological polar surface area (TPSA) is 105 Å². The van der Waals surface area contributed by atoms with Crippen LogP contribution in [0.15, 0.2) is 27.6 Å². The Morgan fingerprint density at radius 1 is 1.25 bits per heavy atom. The zero-order chi connectivity index (χ0) is 23.6. The molecule has 0 spiro atoms. The normalized spacial score (nSPS) is 16.8. The summed E-state index contributed by atoms with van der Waals surface area (Å²) in [6, 6.07) is 3.41. The highest BCUT2D eigenvalue weighted by molar-refractivity contribution is 7.89. The number of alkyl halides is 2. The maximum Gasteiger partial charge on any atom is 0.387 e. The van der Waals surface area contributed by atoms with E-state index in [-0.39, 0.29) is 40.4 Å². The van der Waals surface area contributed by atoms with E-state index in [2.05, 4.69) is 15.2 Å². The average Bonchev–Trinajstić information content (AvgIpc) is 3.08. The first-order chi connectivity index (χ1) is 15.0. The number of hydrogen-bond acceptors (Lipinski definition) is 7. The number of ether oxygens (including phenoxy) is 1. The Balaban J connectivity index is 1.60. The van der Waals surface area contributed by atoms with Crippen molar-refractivity contribution >= 4 is 33.2 Å². The van der Waals surface area contributed by atoms with Crippen LogP contribution in [-0.2, 0) is 14.8 Å². The second-order valence-corrected chi connectivity index (χ2v) is 9.56. The molecule has 0 saturated carbocycles. The van der Waals surface area contributed by atoms with E-state index in [1.807, 2.05) is 4.90 Å². The lowest BCUT2D eigenvalue weighted by molar-refractivity contribution is -0.121. The first-order valence-electron chi connectivity index (χ1n) is 9.73. The molecule has 1 amide bonds. The van der Waals surface area contributed by atoms with Crippen molar-refractivity contribution in [2.24, 2.45) is 0 Å². The van der Waals surface area contributed by atoms with E-state index in [0.29, 0.717) is 24.5 Å². The summed E-state index contributed by atoms with van der Waals surface area (Å²) < 4.78 is 61.1. The van der Waals surface area contributed by atoms with E-state index in [1.54, 1.807) is 20.8 Å². The maximum absolute atomic E-state index is 12.9. The molecule has 1 N–H and O–H groups in total. The molecule has 2 heterocycles. The van der Waals surface area contributed by atoms with Gasteiger partial charge in [0.05, 0.1) is 11.1 Å². The Labute approximate surface area is 189 Å². The number of aryl methyl sites for hydroxylation is 2. The van der Waals surface area contributed by atoms with Gasteiger partial charge >= 0.3 is 6.61 Å². The standard InChI is InChI=1S/C19H23ClF2N4O5S/c1-11-17(13(3)31-24-11)32(28,29)26-8-6-25(7-9-26)12(2)18(27)23-14-4-5-16(15(20)10-14)30-19(21)22/h4-5,10,12,19H,6-9H2,1-3H3,(H,23,27)/t12-/m1/s1. The molecule has 0 unspecified atom stereocenters. The lowest BCUT2D eigenvalue weighted by Gasteiger charge is -2.36.